The zero-order valence-corrected chi connectivity index (χ0v) is 21.7. The molecule has 1 aliphatic heterocycles. The van der Waals surface area contributed by atoms with Crippen LogP contribution in [0.3, 0.4) is 0 Å². The molecule has 13 heteroatoms. The minimum atomic E-state index is -1.48. The van der Waals surface area contributed by atoms with Crippen molar-refractivity contribution in [2.45, 2.75) is 89.8 Å². The molecule has 1 rings (SSSR count). The minimum Gasteiger partial charge on any atom is -0.463 e. The van der Waals surface area contributed by atoms with E-state index in [2.05, 4.69) is 15.9 Å². The highest BCUT2D eigenvalue weighted by atomic mass is 79.9. The van der Waals surface area contributed by atoms with Crippen molar-refractivity contribution in [3.05, 3.63) is 0 Å². The van der Waals surface area contributed by atoms with Crippen LogP contribution in [0.5, 0.6) is 0 Å². The highest BCUT2D eigenvalue weighted by Gasteiger charge is 2.54. The van der Waals surface area contributed by atoms with Crippen LogP contribution in [0.25, 0.3) is 0 Å². The van der Waals surface area contributed by atoms with E-state index in [1.54, 1.807) is 6.92 Å². The number of rotatable bonds is 11. The molecule has 0 radical (unpaired) electrons. The van der Waals surface area contributed by atoms with Crippen molar-refractivity contribution in [2.75, 3.05) is 13.2 Å². The van der Waals surface area contributed by atoms with E-state index in [1.165, 1.54) is 13.8 Å². The van der Waals surface area contributed by atoms with Crippen molar-refractivity contribution in [1.82, 2.24) is 0 Å². The number of carbonyl (C=O) groups is 5. The largest absolute Gasteiger partial charge is 0.463 e. The number of hydrogen-bond acceptors (Lipinski definition) is 12. The van der Waals surface area contributed by atoms with E-state index in [0.717, 1.165) is 27.7 Å². The maximum atomic E-state index is 12.2. The second kappa shape index (κ2) is 13.1. The van der Waals surface area contributed by atoms with Gasteiger partial charge in [0.05, 0.1) is 0 Å². The molecule has 1 aliphatic rings. The quantitative estimate of drug-likeness (QED) is 0.156. The first-order valence-corrected chi connectivity index (χ1v) is 11.3. The third kappa shape index (κ3) is 8.60. The molecule has 12 nitrogen and oxygen atoms in total. The fourth-order valence-corrected chi connectivity index (χ4v) is 3.30. The van der Waals surface area contributed by atoms with Crippen LogP contribution in [0.2, 0.25) is 0 Å². The van der Waals surface area contributed by atoms with Crippen LogP contribution in [-0.4, -0.2) is 84.2 Å². The molecular formula is C21H31BrO12. The van der Waals surface area contributed by atoms with Crippen LogP contribution < -0.4 is 0 Å². The fraction of sp³-hybridized carbons (Fsp3) is 0.762. The summed E-state index contributed by atoms with van der Waals surface area (Å²) in [4.78, 5) is 59.1. The SMILES string of the molecule is CCO[C@H](O[C@@H]1O[C@H](COC(C)=O)[C@@H](OC(C)=O)[C@H](OC(C)=O)[C@H]1OC(C)=O)[C@@](C)(Br)C(C)=O. The topological polar surface area (TPSA) is 150 Å². The molecule has 0 N–H and O–H groups in total. The molecule has 0 spiro atoms. The number of carbonyl (C=O) groups excluding carboxylic acids is 5. The molecule has 7 atom stereocenters. The molecular weight excluding hydrogens is 524 g/mol. The van der Waals surface area contributed by atoms with E-state index in [-0.39, 0.29) is 12.4 Å². The van der Waals surface area contributed by atoms with Gasteiger partial charge in [-0.05, 0) is 20.8 Å². The van der Waals surface area contributed by atoms with Crippen LogP contribution >= 0.6 is 15.9 Å². The van der Waals surface area contributed by atoms with Crippen molar-refractivity contribution in [1.29, 1.82) is 0 Å². The normalized spacial score (nSPS) is 27.0. The fourth-order valence-electron chi connectivity index (χ4n) is 3.06. The van der Waals surface area contributed by atoms with Gasteiger partial charge in [0.2, 0.25) is 6.29 Å². The first-order valence-electron chi connectivity index (χ1n) is 10.5. The Kier molecular flexibility index (Phi) is 11.6. The van der Waals surface area contributed by atoms with E-state index < -0.39 is 71.8 Å². The number of hydrogen-bond donors (Lipinski definition) is 0. The molecule has 1 saturated heterocycles. The molecule has 0 aromatic carbocycles. The van der Waals surface area contributed by atoms with Gasteiger partial charge < -0.3 is 33.2 Å². The molecule has 0 aliphatic carbocycles. The molecule has 0 aromatic heterocycles. The summed E-state index contributed by atoms with van der Waals surface area (Å²) < 4.78 is 37.0. The lowest BCUT2D eigenvalue weighted by Crippen LogP contribution is -2.64. The monoisotopic (exact) mass is 554 g/mol. The molecule has 0 unspecified atom stereocenters. The zero-order chi connectivity index (χ0) is 26.2. The van der Waals surface area contributed by atoms with E-state index in [0.29, 0.717) is 0 Å². The lowest BCUT2D eigenvalue weighted by atomic mass is 9.98. The summed E-state index contributed by atoms with van der Waals surface area (Å²) in [6.45, 7) is 8.74. The highest BCUT2D eigenvalue weighted by Crippen LogP contribution is 2.34. The molecule has 1 fully saturated rings. The number of ether oxygens (including phenoxy) is 7. The summed E-state index contributed by atoms with van der Waals surface area (Å²) in [6.07, 6.45) is -8.05. The van der Waals surface area contributed by atoms with Crippen molar-refractivity contribution < 1.29 is 57.1 Å². The number of halogens is 1. The lowest BCUT2D eigenvalue weighted by Gasteiger charge is -2.45. The first kappa shape index (κ1) is 29.9. The maximum absolute atomic E-state index is 12.2. The molecule has 194 valence electrons. The Morgan fingerprint density at radius 1 is 0.853 bits per heavy atom. The summed E-state index contributed by atoms with van der Waals surface area (Å²) in [5.41, 5.74) is 0. The smallest absolute Gasteiger partial charge is 0.303 e. The van der Waals surface area contributed by atoms with Crippen LogP contribution in [0.1, 0.15) is 48.5 Å². The van der Waals surface area contributed by atoms with Crippen molar-refractivity contribution in [3.8, 4) is 0 Å². The Hall–Kier alpha value is -2.09. The van der Waals surface area contributed by atoms with Crippen molar-refractivity contribution >= 4 is 45.6 Å². The van der Waals surface area contributed by atoms with E-state index >= 15 is 0 Å². The van der Waals surface area contributed by atoms with Crippen LogP contribution in [0.15, 0.2) is 0 Å². The van der Waals surface area contributed by atoms with E-state index in [1.807, 2.05) is 0 Å². The summed E-state index contributed by atoms with van der Waals surface area (Å²) in [7, 11) is 0. The van der Waals surface area contributed by atoms with Gasteiger partial charge in [-0.1, -0.05) is 15.9 Å². The molecule has 0 saturated carbocycles. The Morgan fingerprint density at radius 2 is 1.35 bits per heavy atom. The Bertz CT molecular complexity index is 767. The Balaban J connectivity index is 3.50. The Morgan fingerprint density at radius 3 is 1.79 bits per heavy atom. The third-order valence-electron chi connectivity index (χ3n) is 4.65. The summed E-state index contributed by atoms with van der Waals surface area (Å²) >= 11 is 3.29. The van der Waals surface area contributed by atoms with Crippen LogP contribution in [-0.2, 0) is 57.1 Å². The van der Waals surface area contributed by atoms with Gasteiger partial charge in [0.15, 0.2) is 30.4 Å². The second-order valence-electron chi connectivity index (χ2n) is 7.62. The molecule has 34 heavy (non-hydrogen) atoms. The summed E-state index contributed by atoms with van der Waals surface area (Å²) in [5.74, 6) is -3.29. The molecule has 1 heterocycles. The van der Waals surface area contributed by atoms with Gasteiger partial charge in [-0.3, -0.25) is 24.0 Å². The zero-order valence-electron chi connectivity index (χ0n) is 20.2. The standard InChI is InChI=1S/C21H31BrO12/c1-8-28-20(21(7,22)10(2)23)34-19-18(32-14(6)27)17(31-13(5)26)16(30-12(4)25)15(33-19)9-29-11(3)24/h15-20H,8-9H2,1-7H3/t15-,16-,17+,18-,19+,20-,21+/m1/s1. The third-order valence-corrected chi connectivity index (χ3v) is 5.59. The van der Waals surface area contributed by atoms with Crippen LogP contribution in [0.4, 0.5) is 0 Å². The predicted octanol–water partition coefficient (Wildman–Crippen LogP) is 1.19. The molecule has 0 aromatic rings. The van der Waals surface area contributed by atoms with Gasteiger partial charge in [0, 0.05) is 34.3 Å². The molecule has 0 amide bonds. The number of esters is 4. The predicted molar refractivity (Wildman–Crippen MR) is 116 cm³/mol. The minimum absolute atomic E-state index is 0.143. The highest BCUT2D eigenvalue weighted by molar-refractivity contribution is 9.10. The average molecular weight is 555 g/mol. The second-order valence-corrected chi connectivity index (χ2v) is 9.27. The maximum Gasteiger partial charge on any atom is 0.303 e. The molecule has 0 bridgehead atoms. The van der Waals surface area contributed by atoms with Gasteiger partial charge in [-0.15, -0.1) is 0 Å². The summed E-state index contributed by atoms with van der Waals surface area (Å²) in [5, 5.41) is 0. The van der Waals surface area contributed by atoms with Gasteiger partial charge in [0.1, 0.15) is 17.0 Å². The Labute approximate surface area is 206 Å². The number of Topliss-reactive ketones (excluding diaryl/α,β-unsaturated/α-hetero) is 1. The first-order chi connectivity index (χ1) is 15.7. The van der Waals surface area contributed by atoms with Crippen LogP contribution in [0, 0.1) is 0 Å². The van der Waals surface area contributed by atoms with Crippen molar-refractivity contribution in [2.24, 2.45) is 0 Å². The van der Waals surface area contributed by atoms with Gasteiger partial charge in [-0.2, -0.15) is 0 Å². The van der Waals surface area contributed by atoms with Gasteiger partial charge >= 0.3 is 23.9 Å². The summed E-state index contributed by atoms with van der Waals surface area (Å²) in [6, 6.07) is 0. The number of ketones is 1. The van der Waals surface area contributed by atoms with Gasteiger partial charge in [0.25, 0.3) is 0 Å². The average Bonchev–Trinajstić information content (AvgIpc) is 2.69. The number of alkyl halides is 1. The lowest BCUT2D eigenvalue weighted by molar-refractivity contribution is -0.341. The van der Waals surface area contributed by atoms with Crippen molar-refractivity contribution in [3.63, 3.8) is 0 Å². The van der Waals surface area contributed by atoms with Gasteiger partial charge in [-0.25, -0.2) is 0 Å². The van der Waals surface area contributed by atoms with E-state index in [9.17, 15) is 24.0 Å². The van der Waals surface area contributed by atoms with E-state index in [4.69, 9.17) is 33.2 Å².